The molecule has 0 heterocycles. The molecule has 0 aromatic heterocycles. The normalized spacial score (nSPS) is 18.0. The third-order valence-electron chi connectivity index (χ3n) is 8.15. The van der Waals surface area contributed by atoms with Crippen LogP contribution in [0.15, 0.2) is 48.5 Å². The van der Waals surface area contributed by atoms with E-state index >= 15 is 0 Å². The maximum Gasteiger partial charge on any atom is 0.119 e. The van der Waals surface area contributed by atoms with Crippen molar-refractivity contribution in [3.8, 4) is 16.9 Å². The second kappa shape index (κ2) is 16.8. The van der Waals surface area contributed by atoms with Crippen molar-refractivity contribution in [2.24, 2.45) is 5.92 Å². The molecule has 0 bridgehead atoms. The lowest BCUT2D eigenvalue weighted by atomic mass is 9.77. The lowest BCUT2D eigenvalue weighted by Crippen LogP contribution is -2.13. The molecule has 0 saturated heterocycles. The summed E-state index contributed by atoms with van der Waals surface area (Å²) >= 11 is 0. The quantitative estimate of drug-likeness (QED) is 0.206. The molecule has 0 aliphatic heterocycles. The average Bonchev–Trinajstić information content (AvgIpc) is 2.91. The van der Waals surface area contributed by atoms with E-state index in [0.717, 1.165) is 30.6 Å². The van der Waals surface area contributed by atoms with Gasteiger partial charge in [0.1, 0.15) is 5.75 Å². The van der Waals surface area contributed by atoms with Crippen LogP contribution in [0.3, 0.4) is 0 Å². The molecule has 1 fully saturated rings. The van der Waals surface area contributed by atoms with Gasteiger partial charge in [-0.3, -0.25) is 0 Å². The molecule has 0 N–H and O–H groups in total. The highest BCUT2D eigenvalue weighted by atomic mass is 16.5. The van der Waals surface area contributed by atoms with Crippen LogP contribution in [-0.2, 0) is 0 Å². The van der Waals surface area contributed by atoms with E-state index in [1.165, 1.54) is 114 Å². The van der Waals surface area contributed by atoms with Crippen LogP contribution in [0.4, 0.5) is 0 Å². The summed E-state index contributed by atoms with van der Waals surface area (Å²) < 4.78 is 5.97. The summed E-state index contributed by atoms with van der Waals surface area (Å²) in [5.74, 6) is 2.75. The zero-order valence-corrected chi connectivity index (χ0v) is 22.9. The SMILES string of the molecule is CCCCCCCCCOc1ccc(-c2ccc(C3CCC(CCCCCCC)CC3)cc2)cc1. The number of ether oxygens (including phenoxy) is 1. The zero-order valence-electron chi connectivity index (χ0n) is 22.9. The number of hydrogen-bond acceptors (Lipinski definition) is 1. The maximum atomic E-state index is 5.97. The van der Waals surface area contributed by atoms with E-state index in [0.29, 0.717) is 0 Å². The van der Waals surface area contributed by atoms with E-state index in [-0.39, 0.29) is 0 Å². The molecule has 0 spiro atoms. The summed E-state index contributed by atoms with van der Waals surface area (Å²) in [5.41, 5.74) is 4.14. The first kappa shape index (κ1) is 27.8. The summed E-state index contributed by atoms with van der Waals surface area (Å²) in [6.07, 6.45) is 23.5. The lowest BCUT2D eigenvalue weighted by Gasteiger charge is -2.29. The molecular weight excluding hydrogens is 424 g/mol. The van der Waals surface area contributed by atoms with Crippen LogP contribution in [-0.4, -0.2) is 6.61 Å². The Kier molecular flexibility index (Phi) is 13.4. The van der Waals surface area contributed by atoms with E-state index in [1.807, 2.05) is 0 Å². The number of unbranched alkanes of at least 4 members (excludes halogenated alkanes) is 10. The summed E-state index contributed by atoms with van der Waals surface area (Å²) in [6.45, 7) is 5.41. The molecule has 0 amide bonds. The Hall–Kier alpha value is -1.76. The van der Waals surface area contributed by atoms with Crippen LogP contribution >= 0.6 is 0 Å². The molecule has 0 radical (unpaired) electrons. The Morgan fingerprint density at radius 2 is 1.09 bits per heavy atom. The molecule has 3 rings (SSSR count). The van der Waals surface area contributed by atoms with E-state index in [9.17, 15) is 0 Å². The largest absolute Gasteiger partial charge is 0.494 e. The van der Waals surface area contributed by atoms with Crippen molar-refractivity contribution in [3.05, 3.63) is 54.1 Å². The Morgan fingerprint density at radius 3 is 1.69 bits per heavy atom. The second-order valence-electron chi connectivity index (χ2n) is 11.0. The molecular formula is C34H52O. The molecule has 1 aliphatic rings. The highest BCUT2D eigenvalue weighted by Crippen LogP contribution is 2.38. The predicted molar refractivity (Wildman–Crippen MR) is 153 cm³/mol. The monoisotopic (exact) mass is 476 g/mol. The fourth-order valence-electron chi connectivity index (χ4n) is 5.76. The van der Waals surface area contributed by atoms with Crippen LogP contribution in [0.25, 0.3) is 11.1 Å². The molecule has 0 unspecified atom stereocenters. The van der Waals surface area contributed by atoms with Gasteiger partial charge in [-0.1, -0.05) is 127 Å². The maximum absolute atomic E-state index is 5.97. The first-order valence-corrected chi connectivity index (χ1v) is 15.1. The summed E-state index contributed by atoms with van der Waals surface area (Å²) in [6, 6.07) is 18.1. The van der Waals surface area contributed by atoms with Gasteiger partial charge in [-0.25, -0.2) is 0 Å². The molecule has 2 aromatic rings. The average molecular weight is 477 g/mol. The van der Waals surface area contributed by atoms with Gasteiger partial charge in [0.2, 0.25) is 0 Å². The Balaban J connectivity index is 1.35. The molecule has 1 heteroatoms. The minimum absolute atomic E-state index is 0.766. The minimum atomic E-state index is 0.766. The highest BCUT2D eigenvalue weighted by molar-refractivity contribution is 5.64. The van der Waals surface area contributed by atoms with Crippen molar-refractivity contribution in [1.82, 2.24) is 0 Å². The molecule has 0 atom stereocenters. The number of benzene rings is 2. The van der Waals surface area contributed by atoms with Crippen molar-refractivity contribution < 1.29 is 4.74 Å². The summed E-state index contributed by atoms with van der Waals surface area (Å²) in [5, 5.41) is 0. The van der Waals surface area contributed by atoms with Crippen molar-refractivity contribution >= 4 is 0 Å². The fourth-order valence-corrected chi connectivity index (χ4v) is 5.76. The molecule has 2 aromatic carbocycles. The van der Waals surface area contributed by atoms with Crippen molar-refractivity contribution in [1.29, 1.82) is 0 Å². The van der Waals surface area contributed by atoms with Crippen LogP contribution < -0.4 is 4.74 Å². The molecule has 1 aliphatic carbocycles. The molecule has 1 saturated carbocycles. The van der Waals surface area contributed by atoms with Gasteiger partial charge in [0, 0.05) is 0 Å². The fraction of sp³-hybridized carbons (Fsp3) is 0.647. The number of rotatable bonds is 17. The van der Waals surface area contributed by atoms with Gasteiger partial charge in [0.05, 0.1) is 6.61 Å². The predicted octanol–water partition coefficient (Wildman–Crippen LogP) is 11.1. The van der Waals surface area contributed by atoms with E-state index in [1.54, 1.807) is 5.56 Å². The van der Waals surface area contributed by atoms with Gasteiger partial charge >= 0.3 is 0 Å². The number of hydrogen-bond donors (Lipinski definition) is 0. The van der Waals surface area contributed by atoms with E-state index in [4.69, 9.17) is 4.74 Å². The van der Waals surface area contributed by atoms with Gasteiger partial charge in [-0.2, -0.15) is 0 Å². The topological polar surface area (TPSA) is 9.23 Å². The summed E-state index contributed by atoms with van der Waals surface area (Å²) in [7, 11) is 0. The highest BCUT2D eigenvalue weighted by Gasteiger charge is 2.22. The van der Waals surface area contributed by atoms with Gasteiger partial charge in [-0.15, -0.1) is 0 Å². The molecule has 194 valence electrons. The van der Waals surface area contributed by atoms with Gasteiger partial charge in [-0.05, 0) is 72.8 Å². The third kappa shape index (κ3) is 10.4. The Bertz CT molecular complexity index is 767. The third-order valence-corrected chi connectivity index (χ3v) is 8.15. The smallest absolute Gasteiger partial charge is 0.119 e. The van der Waals surface area contributed by atoms with Crippen molar-refractivity contribution in [2.45, 2.75) is 129 Å². The van der Waals surface area contributed by atoms with Crippen LogP contribution in [0.1, 0.15) is 134 Å². The first-order chi connectivity index (χ1) is 17.3. The minimum Gasteiger partial charge on any atom is -0.494 e. The van der Waals surface area contributed by atoms with Crippen LogP contribution in [0.5, 0.6) is 5.75 Å². The zero-order chi connectivity index (χ0) is 24.6. The van der Waals surface area contributed by atoms with Gasteiger partial charge in [0.15, 0.2) is 0 Å². The molecule has 35 heavy (non-hydrogen) atoms. The van der Waals surface area contributed by atoms with Crippen molar-refractivity contribution in [2.75, 3.05) is 6.61 Å². The van der Waals surface area contributed by atoms with Crippen molar-refractivity contribution in [3.63, 3.8) is 0 Å². The van der Waals surface area contributed by atoms with Crippen LogP contribution in [0, 0.1) is 5.92 Å². The Labute approximate surface area is 217 Å². The second-order valence-corrected chi connectivity index (χ2v) is 11.0. The van der Waals surface area contributed by atoms with E-state index in [2.05, 4.69) is 62.4 Å². The standard InChI is InChI=1S/C34H52O/c1-3-5-7-9-10-12-14-28-35-34-26-24-33(25-27-34)32-22-20-31(21-23-32)30-18-16-29(17-19-30)15-13-11-8-6-4-2/h20-27,29-30H,3-19,28H2,1-2H3. The van der Waals surface area contributed by atoms with Gasteiger partial charge < -0.3 is 4.74 Å². The molecule has 1 nitrogen and oxygen atoms in total. The lowest BCUT2D eigenvalue weighted by molar-refractivity contribution is 0.302. The van der Waals surface area contributed by atoms with Crippen LogP contribution in [0.2, 0.25) is 0 Å². The summed E-state index contributed by atoms with van der Waals surface area (Å²) in [4.78, 5) is 0. The Morgan fingerprint density at radius 1 is 0.571 bits per heavy atom. The van der Waals surface area contributed by atoms with E-state index < -0.39 is 0 Å². The first-order valence-electron chi connectivity index (χ1n) is 15.1. The van der Waals surface area contributed by atoms with Gasteiger partial charge in [0.25, 0.3) is 0 Å².